The summed E-state index contributed by atoms with van der Waals surface area (Å²) in [5.74, 6) is 0.194. The van der Waals surface area contributed by atoms with E-state index in [1.54, 1.807) is 11.3 Å². The fourth-order valence-electron chi connectivity index (χ4n) is 2.79. The van der Waals surface area contributed by atoms with Crippen molar-refractivity contribution in [2.75, 3.05) is 13.1 Å². The van der Waals surface area contributed by atoms with Gasteiger partial charge in [-0.3, -0.25) is 9.59 Å². The predicted molar refractivity (Wildman–Crippen MR) is 88.5 cm³/mol. The minimum atomic E-state index is -0.0616. The van der Waals surface area contributed by atoms with Crippen LogP contribution in [0.2, 0.25) is 0 Å². The molecular formula is C16H18N2O2S2. The number of thiazole rings is 1. The van der Waals surface area contributed by atoms with Gasteiger partial charge in [0.25, 0.3) is 0 Å². The largest absolute Gasteiger partial charge is 0.342 e. The van der Waals surface area contributed by atoms with Crippen LogP contribution in [0.5, 0.6) is 0 Å². The lowest BCUT2D eigenvalue weighted by atomic mass is 9.92. The van der Waals surface area contributed by atoms with E-state index in [2.05, 4.69) is 4.98 Å². The Morgan fingerprint density at radius 3 is 2.95 bits per heavy atom. The summed E-state index contributed by atoms with van der Waals surface area (Å²) >= 11 is 3.04. The number of rotatable bonds is 4. The molecule has 6 heteroatoms. The Hall–Kier alpha value is -1.53. The molecule has 1 saturated heterocycles. The van der Waals surface area contributed by atoms with Crippen molar-refractivity contribution in [3.8, 4) is 0 Å². The minimum absolute atomic E-state index is 0.0616. The number of ketones is 1. The summed E-state index contributed by atoms with van der Waals surface area (Å²) < 4.78 is 0. The van der Waals surface area contributed by atoms with Crippen LogP contribution in [0.3, 0.4) is 0 Å². The fraction of sp³-hybridized carbons (Fsp3) is 0.438. The molecule has 1 aliphatic heterocycles. The molecule has 22 heavy (non-hydrogen) atoms. The number of hydrogen-bond acceptors (Lipinski definition) is 5. The van der Waals surface area contributed by atoms with Gasteiger partial charge in [-0.1, -0.05) is 6.07 Å². The molecule has 0 aromatic carbocycles. The molecule has 3 heterocycles. The molecule has 0 unspecified atom stereocenters. The van der Waals surface area contributed by atoms with Crippen LogP contribution < -0.4 is 0 Å². The third-order valence-corrected chi connectivity index (χ3v) is 5.61. The van der Waals surface area contributed by atoms with Crippen LogP contribution in [-0.2, 0) is 11.2 Å². The van der Waals surface area contributed by atoms with Crippen LogP contribution in [0, 0.1) is 12.8 Å². The van der Waals surface area contributed by atoms with Crippen molar-refractivity contribution in [2.24, 2.45) is 5.92 Å². The number of piperidine rings is 1. The third-order valence-electron chi connectivity index (χ3n) is 3.91. The van der Waals surface area contributed by atoms with E-state index in [0.717, 1.165) is 35.0 Å². The Balaban J connectivity index is 1.62. The molecule has 1 amide bonds. The van der Waals surface area contributed by atoms with Crippen molar-refractivity contribution in [3.05, 3.63) is 38.5 Å². The minimum Gasteiger partial charge on any atom is -0.342 e. The number of thiophene rings is 1. The van der Waals surface area contributed by atoms with Gasteiger partial charge < -0.3 is 4.90 Å². The molecule has 0 bridgehead atoms. The first-order chi connectivity index (χ1) is 10.6. The van der Waals surface area contributed by atoms with Crippen molar-refractivity contribution in [3.63, 3.8) is 0 Å². The van der Waals surface area contributed by atoms with Gasteiger partial charge in [0.15, 0.2) is 5.78 Å². The summed E-state index contributed by atoms with van der Waals surface area (Å²) in [4.78, 5) is 31.8. The van der Waals surface area contributed by atoms with E-state index in [9.17, 15) is 9.59 Å². The van der Waals surface area contributed by atoms with E-state index >= 15 is 0 Å². The second kappa shape index (κ2) is 6.71. The van der Waals surface area contributed by atoms with Crippen LogP contribution >= 0.6 is 22.7 Å². The Kier molecular flexibility index (Phi) is 4.69. The van der Waals surface area contributed by atoms with Crippen molar-refractivity contribution in [1.82, 2.24) is 9.88 Å². The van der Waals surface area contributed by atoms with Crippen LogP contribution in [0.1, 0.15) is 33.2 Å². The Bertz CT molecular complexity index is 664. The number of hydrogen-bond donors (Lipinski definition) is 0. The summed E-state index contributed by atoms with van der Waals surface area (Å²) in [6.07, 6.45) is 2.10. The lowest BCUT2D eigenvalue weighted by Gasteiger charge is -2.31. The molecule has 4 nitrogen and oxygen atoms in total. The van der Waals surface area contributed by atoms with Gasteiger partial charge in [-0.25, -0.2) is 4.98 Å². The van der Waals surface area contributed by atoms with Crippen molar-refractivity contribution in [2.45, 2.75) is 26.2 Å². The first-order valence-electron chi connectivity index (χ1n) is 7.40. The van der Waals surface area contributed by atoms with E-state index in [1.807, 2.05) is 34.7 Å². The highest BCUT2D eigenvalue weighted by atomic mass is 32.1. The molecule has 0 saturated carbocycles. The second-order valence-corrected chi connectivity index (χ2v) is 7.57. The van der Waals surface area contributed by atoms with Gasteiger partial charge in [-0.15, -0.1) is 22.7 Å². The van der Waals surface area contributed by atoms with E-state index < -0.39 is 0 Å². The predicted octanol–water partition coefficient (Wildman–Crippen LogP) is 3.18. The summed E-state index contributed by atoms with van der Waals surface area (Å²) in [7, 11) is 0. The van der Waals surface area contributed by atoms with Crippen molar-refractivity contribution < 1.29 is 9.59 Å². The summed E-state index contributed by atoms with van der Waals surface area (Å²) in [5.41, 5.74) is 0.833. The maximum Gasteiger partial charge on any atom is 0.228 e. The molecule has 3 rings (SSSR count). The molecule has 1 atom stereocenters. The third kappa shape index (κ3) is 3.44. The first-order valence-corrected chi connectivity index (χ1v) is 9.16. The molecule has 0 aliphatic carbocycles. The number of aryl methyl sites for hydroxylation is 1. The summed E-state index contributed by atoms with van der Waals surface area (Å²) in [6, 6.07) is 3.76. The lowest BCUT2D eigenvalue weighted by Crippen LogP contribution is -2.43. The highest BCUT2D eigenvalue weighted by Gasteiger charge is 2.29. The molecule has 116 valence electrons. The number of carbonyl (C=O) groups is 2. The van der Waals surface area contributed by atoms with Crippen LogP contribution in [0.25, 0.3) is 0 Å². The highest BCUT2D eigenvalue weighted by Crippen LogP contribution is 2.23. The number of likely N-dealkylation sites (tertiary alicyclic amines) is 1. The maximum atomic E-state index is 12.5. The van der Waals surface area contributed by atoms with Gasteiger partial charge in [0.1, 0.15) is 0 Å². The maximum absolute atomic E-state index is 12.5. The molecule has 1 fully saturated rings. The van der Waals surface area contributed by atoms with Gasteiger partial charge in [0.2, 0.25) is 5.91 Å². The normalized spacial score (nSPS) is 18.4. The quantitative estimate of drug-likeness (QED) is 0.807. The first kappa shape index (κ1) is 15.4. The smallest absolute Gasteiger partial charge is 0.228 e. The average Bonchev–Trinajstić information content (AvgIpc) is 3.18. The molecule has 2 aromatic rings. The van der Waals surface area contributed by atoms with Gasteiger partial charge in [-0.05, 0) is 31.2 Å². The topological polar surface area (TPSA) is 50.3 Å². The van der Waals surface area contributed by atoms with Crippen LogP contribution in [0.15, 0.2) is 22.9 Å². The van der Waals surface area contributed by atoms with E-state index in [1.165, 1.54) is 11.3 Å². The van der Waals surface area contributed by atoms with Gasteiger partial charge in [0, 0.05) is 24.4 Å². The number of Topliss-reactive ketones (excluding diaryl/α,β-unsaturated/α-hetero) is 1. The Labute approximate surface area is 137 Å². The van der Waals surface area contributed by atoms with E-state index in [0.29, 0.717) is 13.0 Å². The standard InChI is InChI=1S/C16H18N2O2S2/c1-11-17-13(10-22-11)8-15(19)18-6-2-4-12(9-18)16(20)14-5-3-7-21-14/h3,5,7,10,12H,2,4,6,8-9H2,1H3/t12-/m0/s1. The zero-order valence-corrected chi connectivity index (χ0v) is 14.1. The Morgan fingerprint density at radius 1 is 1.41 bits per heavy atom. The van der Waals surface area contributed by atoms with Gasteiger partial charge in [0.05, 0.1) is 22.0 Å². The molecular weight excluding hydrogens is 316 g/mol. The molecule has 0 N–H and O–H groups in total. The SMILES string of the molecule is Cc1nc(CC(=O)N2CCC[C@H](C(=O)c3cccs3)C2)cs1. The highest BCUT2D eigenvalue weighted by molar-refractivity contribution is 7.12. The van der Waals surface area contributed by atoms with Gasteiger partial charge >= 0.3 is 0 Å². The summed E-state index contributed by atoms with van der Waals surface area (Å²) in [5, 5.41) is 4.84. The Morgan fingerprint density at radius 2 is 2.27 bits per heavy atom. The van der Waals surface area contributed by atoms with Crippen LogP contribution in [-0.4, -0.2) is 34.7 Å². The molecule has 2 aromatic heterocycles. The molecule has 1 aliphatic rings. The van der Waals surface area contributed by atoms with Crippen LogP contribution in [0.4, 0.5) is 0 Å². The lowest BCUT2D eigenvalue weighted by molar-refractivity contribution is -0.131. The van der Waals surface area contributed by atoms with Gasteiger partial charge in [-0.2, -0.15) is 0 Å². The number of amides is 1. The number of aromatic nitrogens is 1. The number of nitrogens with zero attached hydrogens (tertiary/aromatic N) is 2. The van der Waals surface area contributed by atoms with E-state index in [-0.39, 0.29) is 17.6 Å². The average molecular weight is 334 g/mol. The van der Waals surface area contributed by atoms with Crippen molar-refractivity contribution >= 4 is 34.4 Å². The number of carbonyl (C=O) groups excluding carboxylic acids is 2. The second-order valence-electron chi connectivity index (χ2n) is 5.56. The fourth-order valence-corrected chi connectivity index (χ4v) is 4.15. The molecule has 0 spiro atoms. The zero-order valence-electron chi connectivity index (χ0n) is 12.4. The monoisotopic (exact) mass is 334 g/mol. The van der Waals surface area contributed by atoms with E-state index in [4.69, 9.17) is 0 Å². The summed E-state index contributed by atoms with van der Waals surface area (Å²) in [6.45, 7) is 3.23. The molecule has 0 radical (unpaired) electrons. The zero-order chi connectivity index (χ0) is 15.5. The van der Waals surface area contributed by atoms with Crippen molar-refractivity contribution in [1.29, 1.82) is 0 Å².